The molecule has 1 aliphatic heterocycles. The number of nitrogens with zero attached hydrogens (tertiary/aromatic N) is 1. The minimum atomic E-state index is -0.890. The lowest BCUT2D eigenvalue weighted by atomic mass is 10.0. The third-order valence-corrected chi connectivity index (χ3v) is 12.0. The Labute approximate surface area is 332 Å². The first-order chi connectivity index (χ1) is 26.8. The summed E-state index contributed by atoms with van der Waals surface area (Å²) in [7, 11) is 1.64. The Morgan fingerprint density at radius 2 is 1.51 bits per heavy atom. The van der Waals surface area contributed by atoms with Gasteiger partial charge in [0, 0.05) is 59.0 Å². The Morgan fingerprint density at radius 1 is 0.782 bits per heavy atom. The van der Waals surface area contributed by atoms with Crippen LogP contribution in [0.3, 0.4) is 0 Å². The highest BCUT2D eigenvalue weighted by atomic mass is 35.5. The lowest BCUT2D eigenvalue weighted by Crippen LogP contribution is -2.57. The largest absolute Gasteiger partial charge is 0.361 e. The molecule has 12 heteroatoms. The molecule has 10 nitrogen and oxygen atoms in total. The summed E-state index contributed by atoms with van der Waals surface area (Å²) in [6.07, 6.45) is 4.95. The maximum atomic E-state index is 14.5. The van der Waals surface area contributed by atoms with Crippen LogP contribution >= 0.6 is 23.4 Å². The van der Waals surface area contributed by atoms with Crippen molar-refractivity contribution in [3.63, 3.8) is 0 Å². The zero-order chi connectivity index (χ0) is 38.7. The van der Waals surface area contributed by atoms with E-state index in [1.54, 1.807) is 7.05 Å². The van der Waals surface area contributed by atoms with Gasteiger partial charge in [-0.05, 0) is 79.6 Å². The molecule has 0 bridgehead atoms. The van der Waals surface area contributed by atoms with E-state index in [1.807, 2.05) is 97.2 Å². The molecule has 288 valence electrons. The molecule has 0 aliphatic carbocycles. The lowest BCUT2D eigenvalue weighted by Gasteiger charge is -2.32. The van der Waals surface area contributed by atoms with Gasteiger partial charge in [-0.15, -0.1) is 0 Å². The fourth-order valence-electron chi connectivity index (χ4n) is 7.06. The monoisotopic (exact) mass is 779 g/mol. The number of nitrogens with two attached hydrogens (primary N) is 2. The smallest absolute Gasteiger partial charge is 0.245 e. The second-order valence-electron chi connectivity index (χ2n) is 13.9. The van der Waals surface area contributed by atoms with Gasteiger partial charge >= 0.3 is 0 Å². The minimum Gasteiger partial charge on any atom is -0.361 e. The molecule has 0 radical (unpaired) electrons. The molecule has 3 unspecified atom stereocenters. The van der Waals surface area contributed by atoms with Crippen LogP contribution < -0.4 is 27.4 Å². The van der Waals surface area contributed by atoms with Crippen molar-refractivity contribution >= 4 is 52.0 Å². The number of likely N-dealkylation sites (N-methyl/N-ethyl adjacent to an activating group) is 1. The standard InChI is InChI=1S/C43H50ClN7O3S/c1-51-37(24-31-27-47-34-16-7-6-15-32(31)34)42(53)49-26-30-20-21-33(28-12-3-2-4-13-28)39(44)40(30)55-38-19-8-5-14-29(38)25-48-35(18-11-23-46)41(52)50-36(43(51)54)17-9-10-22-45/h2-8,12-16,19-21,27,35-37,47-48H,9-11,17-18,22-26,45-46H2,1H3,(H,49,53)(H,50,52). The Bertz CT molecular complexity index is 2090. The minimum absolute atomic E-state index is 0.181. The summed E-state index contributed by atoms with van der Waals surface area (Å²) in [6, 6.07) is 27.5. The molecule has 1 aliphatic rings. The number of para-hydroxylation sites is 1. The quantitative estimate of drug-likeness (QED) is 0.0929. The summed E-state index contributed by atoms with van der Waals surface area (Å²) >= 11 is 8.83. The number of amides is 3. The van der Waals surface area contributed by atoms with Crippen LogP contribution in [0.1, 0.15) is 48.8 Å². The number of hydrogen-bond donors (Lipinski definition) is 6. The first kappa shape index (κ1) is 40.0. The molecule has 0 saturated carbocycles. The van der Waals surface area contributed by atoms with Crippen molar-refractivity contribution in [3.05, 3.63) is 119 Å². The molecule has 3 amide bonds. The van der Waals surface area contributed by atoms with Gasteiger partial charge in [-0.3, -0.25) is 14.4 Å². The first-order valence-electron chi connectivity index (χ1n) is 18.9. The summed E-state index contributed by atoms with van der Waals surface area (Å²) in [4.78, 5) is 49.6. The molecule has 8 N–H and O–H groups in total. The Morgan fingerprint density at radius 3 is 2.31 bits per heavy atom. The summed E-state index contributed by atoms with van der Waals surface area (Å²) in [5.41, 5.74) is 17.3. The van der Waals surface area contributed by atoms with Crippen molar-refractivity contribution in [2.24, 2.45) is 11.5 Å². The van der Waals surface area contributed by atoms with Gasteiger partial charge in [0.1, 0.15) is 12.1 Å². The predicted molar refractivity (Wildman–Crippen MR) is 222 cm³/mol. The van der Waals surface area contributed by atoms with Crippen molar-refractivity contribution in [1.29, 1.82) is 0 Å². The molecule has 1 aromatic heterocycles. The second kappa shape index (κ2) is 19.3. The number of aromatic nitrogens is 1. The van der Waals surface area contributed by atoms with Crippen LogP contribution in [-0.2, 0) is 33.9 Å². The topological polar surface area (TPSA) is 158 Å². The molecule has 55 heavy (non-hydrogen) atoms. The molecule has 5 aromatic rings. The van der Waals surface area contributed by atoms with E-state index in [9.17, 15) is 14.4 Å². The maximum Gasteiger partial charge on any atom is 0.245 e. The molecule has 0 spiro atoms. The zero-order valence-corrected chi connectivity index (χ0v) is 32.7. The normalized spacial score (nSPS) is 18.7. The fourth-order valence-corrected chi connectivity index (χ4v) is 8.58. The predicted octanol–water partition coefficient (Wildman–Crippen LogP) is 6.15. The Hall–Kier alpha value is -4.65. The highest BCUT2D eigenvalue weighted by molar-refractivity contribution is 7.99. The number of halogens is 1. The Kier molecular flexibility index (Phi) is 14.0. The van der Waals surface area contributed by atoms with E-state index in [0.717, 1.165) is 48.5 Å². The van der Waals surface area contributed by atoms with Crippen molar-refractivity contribution in [1.82, 2.24) is 25.8 Å². The maximum absolute atomic E-state index is 14.5. The summed E-state index contributed by atoms with van der Waals surface area (Å²) in [5.74, 6) is -0.954. The highest BCUT2D eigenvalue weighted by Crippen LogP contribution is 2.42. The van der Waals surface area contributed by atoms with Crippen LogP contribution in [0.25, 0.3) is 22.0 Å². The number of aromatic amines is 1. The Balaban J connectivity index is 1.44. The summed E-state index contributed by atoms with van der Waals surface area (Å²) in [5, 5.41) is 11.3. The number of rotatable bonds is 10. The zero-order valence-electron chi connectivity index (χ0n) is 31.2. The van der Waals surface area contributed by atoms with Crippen LogP contribution in [0.5, 0.6) is 0 Å². The first-order valence-corrected chi connectivity index (χ1v) is 20.1. The second-order valence-corrected chi connectivity index (χ2v) is 15.4. The van der Waals surface area contributed by atoms with Gasteiger partial charge in [-0.1, -0.05) is 102 Å². The number of nitrogens with one attached hydrogen (secondary N) is 4. The van der Waals surface area contributed by atoms with E-state index < -0.39 is 18.1 Å². The van der Waals surface area contributed by atoms with E-state index >= 15 is 0 Å². The average Bonchev–Trinajstić information content (AvgIpc) is 3.62. The number of hydrogen-bond acceptors (Lipinski definition) is 7. The van der Waals surface area contributed by atoms with Crippen LogP contribution in [0, 0.1) is 0 Å². The van der Waals surface area contributed by atoms with E-state index in [4.69, 9.17) is 23.1 Å². The van der Waals surface area contributed by atoms with E-state index in [2.05, 4.69) is 20.9 Å². The average molecular weight is 780 g/mol. The molecule has 0 fully saturated rings. The number of carbonyl (C=O) groups is 3. The van der Waals surface area contributed by atoms with Crippen LogP contribution in [0.15, 0.2) is 107 Å². The van der Waals surface area contributed by atoms with Gasteiger partial charge < -0.3 is 37.3 Å². The van der Waals surface area contributed by atoms with Gasteiger partial charge in [0.15, 0.2) is 0 Å². The molecule has 6 rings (SSSR count). The van der Waals surface area contributed by atoms with E-state index in [0.29, 0.717) is 56.8 Å². The summed E-state index contributed by atoms with van der Waals surface area (Å²) in [6.45, 7) is 1.46. The molecular weight excluding hydrogens is 730 g/mol. The molecule has 3 atom stereocenters. The van der Waals surface area contributed by atoms with Gasteiger partial charge in [0.2, 0.25) is 17.7 Å². The number of unbranched alkanes of at least 4 members (excludes halogenated alkanes) is 1. The number of carbonyl (C=O) groups excluding carboxylic acids is 3. The van der Waals surface area contributed by atoms with E-state index in [-0.39, 0.29) is 30.7 Å². The number of benzene rings is 4. The molecular formula is C43H50ClN7O3S. The van der Waals surface area contributed by atoms with Crippen LogP contribution in [0.2, 0.25) is 5.02 Å². The third-order valence-electron chi connectivity index (χ3n) is 10.2. The molecule has 0 saturated heterocycles. The van der Waals surface area contributed by atoms with Crippen molar-refractivity contribution < 1.29 is 14.4 Å². The molecule has 4 aromatic carbocycles. The van der Waals surface area contributed by atoms with Gasteiger partial charge in [0.25, 0.3) is 0 Å². The molecule has 2 heterocycles. The lowest BCUT2D eigenvalue weighted by molar-refractivity contribution is -0.142. The van der Waals surface area contributed by atoms with Gasteiger partial charge in [-0.2, -0.15) is 0 Å². The highest BCUT2D eigenvalue weighted by Gasteiger charge is 2.34. The van der Waals surface area contributed by atoms with Crippen molar-refractivity contribution in [3.8, 4) is 11.1 Å². The fraction of sp³-hybridized carbons (Fsp3) is 0.326. The van der Waals surface area contributed by atoms with Crippen molar-refractivity contribution in [2.75, 3.05) is 20.1 Å². The van der Waals surface area contributed by atoms with Crippen LogP contribution in [-0.4, -0.2) is 65.9 Å². The van der Waals surface area contributed by atoms with Gasteiger partial charge in [0.05, 0.1) is 11.1 Å². The third kappa shape index (κ3) is 9.78. The summed E-state index contributed by atoms with van der Waals surface area (Å²) < 4.78 is 0. The SMILES string of the molecule is CN1C(=O)C(CCCCN)NC(=O)C(CCCN)NCc2ccccc2Sc2c(ccc(-c3ccccc3)c2Cl)CNC(=O)C1Cc1c[nH]c2ccccc12. The van der Waals surface area contributed by atoms with Crippen molar-refractivity contribution in [2.45, 2.75) is 79.5 Å². The number of H-pyrrole nitrogens is 1. The van der Waals surface area contributed by atoms with E-state index in [1.165, 1.54) is 16.7 Å². The van der Waals surface area contributed by atoms with Crippen LogP contribution in [0.4, 0.5) is 0 Å². The number of fused-ring (bicyclic) bond motifs is 3. The van der Waals surface area contributed by atoms with Gasteiger partial charge in [-0.25, -0.2) is 0 Å².